The molecule has 0 unspecified atom stereocenters. The van der Waals surface area contributed by atoms with Crippen LogP contribution in [0.2, 0.25) is 0 Å². The monoisotopic (exact) mass is 306 g/mol. The summed E-state index contributed by atoms with van der Waals surface area (Å²) in [5.41, 5.74) is 0. The maximum Gasteiger partial charge on any atom is -0.0386 e. The van der Waals surface area contributed by atoms with E-state index >= 15 is 0 Å². The standard InChI is InChI=1S/C22H42/c1-3-5-6-7-8-9-10-20-13-17-22(18-14-20)21-15-11-19(4-2)12-16-21/h19-22H,3-18H2,1-2H3/t19-,20-,21-,22-. The molecular formula is C22H42. The molecule has 0 heteroatoms. The van der Waals surface area contributed by atoms with Crippen molar-refractivity contribution in [3.63, 3.8) is 0 Å². The quantitative estimate of drug-likeness (QED) is 0.382. The molecule has 130 valence electrons. The molecule has 0 radical (unpaired) electrons. The predicted octanol–water partition coefficient (Wildman–Crippen LogP) is 7.76. The van der Waals surface area contributed by atoms with E-state index in [0.717, 1.165) is 23.7 Å². The highest BCUT2D eigenvalue weighted by atomic mass is 14.4. The van der Waals surface area contributed by atoms with E-state index in [1.807, 2.05) is 0 Å². The zero-order valence-electron chi connectivity index (χ0n) is 15.6. The van der Waals surface area contributed by atoms with Gasteiger partial charge in [0.05, 0.1) is 0 Å². The van der Waals surface area contributed by atoms with Gasteiger partial charge in [-0.2, -0.15) is 0 Å². The maximum absolute atomic E-state index is 2.39. The first-order valence-corrected chi connectivity index (χ1v) is 10.8. The molecule has 2 aliphatic rings. The molecule has 0 saturated heterocycles. The van der Waals surface area contributed by atoms with E-state index in [4.69, 9.17) is 0 Å². The highest BCUT2D eigenvalue weighted by Crippen LogP contribution is 2.42. The van der Waals surface area contributed by atoms with E-state index in [2.05, 4.69) is 13.8 Å². The van der Waals surface area contributed by atoms with Gasteiger partial charge < -0.3 is 0 Å². The van der Waals surface area contributed by atoms with E-state index in [-0.39, 0.29) is 0 Å². The summed E-state index contributed by atoms with van der Waals surface area (Å²) in [6.45, 7) is 4.70. The molecule has 2 rings (SSSR count). The molecular weight excluding hydrogens is 264 g/mol. The first-order chi connectivity index (χ1) is 10.8. The normalized spacial score (nSPS) is 33.0. The molecule has 0 aromatic rings. The zero-order valence-corrected chi connectivity index (χ0v) is 15.6. The van der Waals surface area contributed by atoms with Gasteiger partial charge in [0.1, 0.15) is 0 Å². The summed E-state index contributed by atoms with van der Waals surface area (Å²) in [6.07, 6.45) is 24.3. The van der Waals surface area contributed by atoms with Crippen LogP contribution in [0.15, 0.2) is 0 Å². The molecule has 0 spiro atoms. The Balaban J connectivity index is 1.52. The molecule has 0 heterocycles. The van der Waals surface area contributed by atoms with Crippen LogP contribution in [0.5, 0.6) is 0 Å². The molecule has 2 fully saturated rings. The molecule has 0 atom stereocenters. The minimum atomic E-state index is 1.07. The Morgan fingerprint density at radius 2 is 1.05 bits per heavy atom. The zero-order chi connectivity index (χ0) is 15.6. The fourth-order valence-corrected chi connectivity index (χ4v) is 5.23. The number of hydrogen-bond donors (Lipinski definition) is 0. The minimum Gasteiger partial charge on any atom is -0.0654 e. The Morgan fingerprint density at radius 3 is 1.59 bits per heavy atom. The van der Waals surface area contributed by atoms with Crippen LogP contribution in [0.4, 0.5) is 0 Å². The lowest BCUT2D eigenvalue weighted by Crippen LogP contribution is -2.25. The summed E-state index contributed by atoms with van der Waals surface area (Å²) in [5, 5.41) is 0. The molecule has 2 saturated carbocycles. The van der Waals surface area contributed by atoms with Gasteiger partial charge in [-0.1, -0.05) is 90.9 Å². The summed E-state index contributed by atoms with van der Waals surface area (Å²) in [6, 6.07) is 0. The second-order valence-corrected chi connectivity index (χ2v) is 8.53. The SMILES string of the molecule is CCCCCCCC[C@H]1CC[C@H]([C@H]2CC[C@H](CC)CC2)CC1. The highest BCUT2D eigenvalue weighted by Gasteiger charge is 2.30. The molecule has 22 heavy (non-hydrogen) atoms. The lowest BCUT2D eigenvalue weighted by Gasteiger charge is -2.37. The van der Waals surface area contributed by atoms with Crippen molar-refractivity contribution in [2.24, 2.45) is 23.7 Å². The lowest BCUT2D eigenvalue weighted by molar-refractivity contribution is 0.141. The predicted molar refractivity (Wildman–Crippen MR) is 99.2 cm³/mol. The fraction of sp³-hybridized carbons (Fsp3) is 1.00. The van der Waals surface area contributed by atoms with E-state index in [0.29, 0.717) is 0 Å². The smallest absolute Gasteiger partial charge is 0.0386 e. The van der Waals surface area contributed by atoms with Crippen LogP contribution in [0.25, 0.3) is 0 Å². The second kappa shape index (κ2) is 10.7. The van der Waals surface area contributed by atoms with Gasteiger partial charge in [0.15, 0.2) is 0 Å². The average molecular weight is 307 g/mol. The van der Waals surface area contributed by atoms with Gasteiger partial charge in [0.2, 0.25) is 0 Å². The first kappa shape index (κ1) is 18.3. The van der Waals surface area contributed by atoms with Crippen LogP contribution in [0, 0.1) is 23.7 Å². The molecule has 2 aliphatic carbocycles. The largest absolute Gasteiger partial charge is 0.0654 e. The van der Waals surface area contributed by atoms with E-state index in [9.17, 15) is 0 Å². The third-order valence-corrected chi connectivity index (χ3v) is 6.99. The molecule has 0 aromatic heterocycles. The molecule has 0 aliphatic heterocycles. The van der Waals surface area contributed by atoms with Crippen LogP contribution >= 0.6 is 0 Å². The van der Waals surface area contributed by atoms with Crippen molar-refractivity contribution in [1.29, 1.82) is 0 Å². The van der Waals surface area contributed by atoms with Gasteiger partial charge in [-0.3, -0.25) is 0 Å². The summed E-state index contributed by atoms with van der Waals surface area (Å²) in [5.74, 6) is 4.38. The van der Waals surface area contributed by atoms with Gasteiger partial charge in [-0.25, -0.2) is 0 Å². The van der Waals surface area contributed by atoms with Crippen molar-refractivity contribution >= 4 is 0 Å². The highest BCUT2D eigenvalue weighted by molar-refractivity contribution is 4.81. The van der Waals surface area contributed by atoms with Crippen molar-refractivity contribution in [1.82, 2.24) is 0 Å². The molecule has 0 N–H and O–H groups in total. The van der Waals surface area contributed by atoms with Gasteiger partial charge in [0, 0.05) is 0 Å². The van der Waals surface area contributed by atoms with Crippen LogP contribution in [0.3, 0.4) is 0 Å². The van der Waals surface area contributed by atoms with Gasteiger partial charge in [0.25, 0.3) is 0 Å². The van der Waals surface area contributed by atoms with Crippen LogP contribution < -0.4 is 0 Å². The Morgan fingerprint density at radius 1 is 0.545 bits per heavy atom. The molecule has 0 nitrogen and oxygen atoms in total. The first-order valence-electron chi connectivity index (χ1n) is 10.8. The molecule has 0 bridgehead atoms. The van der Waals surface area contributed by atoms with Gasteiger partial charge in [-0.15, -0.1) is 0 Å². The van der Waals surface area contributed by atoms with Crippen molar-refractivity contribution in [3.05, 3.63) is 0 Å². The Bertz CT molecular complexity index is 253. The van der Waals surface area contributed by atoms with Crippen molar-refractivity contribution < 1.29 is 0 Å². The van der Waals surface area contributed by atoms with Crippen LogP contribution in [-0.2, 0) is 0 Å². The molecule has 0 aromatic carbocycles. The van der Waals surface area contributed by atoms with Crippen molar-refractivity contribution in [2.75, 3.05) is 0 Å². The second-order valence-electron chi connectivity index (χ2n) is 8.53. The van der Waals surface area contributed by atoms with E-state index in [1.165, 1.54) is 44.9 Å². The van der Waals surface area contributed by atoms with Gasteiger partial charge >= 0.3 is 0 Å². The van der Waals surface area contributed by atoms with Crippen molar-refractivity contribution in [3.8, 4) is 0 Å². The van der Waals surface area contributed by atoms with E-state index < -0.39 is 0 Å². The van der Waals surface area contributed by atoms with E-state index in [1.54, 1.807) is 57.8 Å². The van der Waals surface area contributed by atoms with Crippen LogP contribution in [0.1, 0.15) is 117 Å². The third-order valence-electron chi connectivity index (χ3n) is 6.99. The number of hydrogen-bond acceptors (Lipinski definition) is 0. The summed E-state index contributed by atoms with van der Waals surface area (Å²) < 4.78 is 0. The average Bonchev–Trinajstić information content (AvgIpc) is 2.59. The van der Waals surface area contributed by atoms with Crippen LogP contribution in [-0.4, -0.2) is 0 Å². The summed E-state index contributed by atoms with van der Waals surface area (Å²) in [4.78, 5) is 0. The Labute approximate surface area is 140 Å². The minimum absolute atomic E-state index is 1.07. The maximum atomic E-state index is 2.39. The molecule has 0 amide bonds. The van der Waals surface area contributed by atoms with Gasteiger partial charge in [-0.05, 0) is 49.4 Å². The third kappa shape index (κ3) is 6.25. The topological polar surface area (TPSA) is 0 Å². The number of unbranched alkanes of at least 4 members (excludes halogenated alkanes) is 5. The fourth-order valence-electron chi connectivity index (χ4n) is 5.23. The number of rotatable bonds is 9. The Kier molecular flexibility index (Phi) is 8.93. The van der Waals surface area contributed by atoms with Crippen molar-refractivity contribution in [2.45, 2.75) is 117 Å². The Hall–Kier alpha value is 0. The summed E-state index contributed by atoms with van der Waals surface area (Å²) >= 11 is 0. The summed E-state index contributed by atoms with van der Waals surface area (Å²) in [7, 11) is 0. The lowest BCUT2D eigenvalue weighted by atomic mass is 9.68.